The van der Waals surface area contributed by atoms with Gasteiger partial charge < -0.3 is 10.4 Å². The second-order valence-electron chi connectivity index (χ2n) is 6.25. The molecule has 2 unspecified atom stereocenters. The maximum Gasteiger partial charge on any atom is 0.252 e. The fourth-order valence-corrected chi connectivity index (χ4v) is 4.23. The molecule has 4 heteroatoms. The fraction of sp³-hybridized carbons (Fsp3) is 0.471. The van der Waals surface area contributed by atoms with Crippen molar-refractivity contribution in [3.63, 3.8) is 0 Å². The number of thiophene rings is 1. The van der Waals surface area contributed by atoms with E-state index < -0.39 is 5.60 Å². The fourth-order valence-electron chi connectivity index (χ4n) is 3.29. The lowest BCUT2D eigenvalue weighted by Crippen LogP contribution is -2.45. The number of hydrogen-bond donors (Lipinski definition) is 2. The molecule has 2 aromatic rings. The molecule has 2 N–H and O–H groups in total. The highest BCUT2D eigenvalue weighted by molar-refractivity contribution is 7.17. The smallest absolute Gasteiger partial charge is 0.252 e. The molecule has 0 radical (unpaired) electrons. The Bertz CT molecular complexity index is 651. The molecule has 112 valence electrons. The lowest BCUT2D eigenvalue weighted by atomic mass is 9.79. The summed E-state index contributed by atoms with van der Waals surface area (Å²) in [6.45, 7) is 2.51. The van der Waals surface area contributed by atoms with Gasteiger partial charge in [-0.15, -0.1) is 11.3 Å². The zero-order valence-electron chi connectivity index (χ0n) is 12.3. The highest BCUT2D eigenvalue weighted by atomic mass is 32.1. The molecule has 1 amide bonds. The van der Waals surface area contributed by atoms with Crippen molar-refractivity contribution in [2.75, 3.05) is 6.54 Å². The van der Waals surface area contributed by atoms with E-state index in [4.69, 9.17) is 0 Å². The van der Waals surface area contributed by atoms with Crippen LogP contribution in [0.15, 0.2) is 29.6 Å². The molecule has 1 aromatic heterocycles. The van der Waals surface area contributed by atoms with E-state index in [1.165, 1.54) is 6.42 Å². The van der Waals surface area contributed by atoms with Crippen LogP contribution >= 0.6 is 11.3 Å². The lowest BCUT2D eigenvalue weighted by Gasteiger charge is -2.35. The number of hydrogen-bond acceptors (Lipinski definition) is 3. The van der Waals surface area contributed by atoms with Crippen LogP contribution in [-0.4, -0.2) is 23.2 Å². The number of aliphatic hydroxyl groups is 1. The Morgan fingerprint density at radius 1 is 1.48 bits per heavy atom. The summed E-state index contributed by atoms with van der Waals surface area (Å²) >= 11 is 1.58. The predicted octanol–water partition coefficient (Wildman–Crippen LogP) is 3.57. The third-order valence-electron chi connectivity index (χ3n) is 4.37. The summed E-state index contributed by atoms with van der Waals surface area (Å²) in [6.07, 6.45) is 3.76. The van der Waals surface area contributed by atoms with Gasteiger partial charge in [-0.05, 0) is 24.8 Å². The summed E-state index contributed by atoms with van der Waals surface area (Å²) < 4.78 is 1.12. The molecular weight excluding hydrogens is 282 g/mol. The number of nitrogens with one attached hydrogen (secondary N) is 1. The van der Waals surface area contributed by atoms with Crippen molar-refractivity contribution in [3.05, 3.63) is 35.2 Å². The van der Waals surface area contributed by atoms with Gasteiger partial charge >= 0.3 is 0 Å². The van der Waals surface area contributed by atoms with E-state index in [-0.39, 0.29) is 5.91 Å². The van der Waals surface area contributed by atoms with Crippen molar-refractivity contribution in [2.45, 2.75) is 38.2 Å². The van der Waals surface area contributed by atoms with Gasteiger partial charge in [0.2, 0.25) is 0 Å². The quantitative estimate of drug-likeness (QED) is 0.910. The van der Waals surface area contributed by atoms with Crippen molar-refractivity contribution < 1.29 is 9.90 Å². The molecule has 1 fully saturated rings. The molecule has 0 bridgehead atoms. The third-order valence-corrected chi connectivity index (χ3v) is 5.33. The van der Waals surface area contributed by atoms with E-state index in [9.17, 15) is 9.90 Å². The zero-order valence-corrected chi connectivity index (χ0v) is 13.1. The Kier molecular flexibility index (Phi) is 4.00. The molecule has 3 rings (SSSR count). The van der Waals surface area contributed by atoms with Crippen LogP contribution in [0, 0.1) is 5.92 Å². The van der Waals surface area contributed by atoms with Gasteiger partial charge in [-0.2, -0.15) is 0 Å². The van der Waals surface area contributed by atoms with Crippen molar-refractivity contribution in [3.8, 4) is 0 Å². The molecule has 21 heavy (non-hydrogen) atoms. The minimum Gasteiger partial charge on any atom is -0.388 e. The molecule has 1 aliphatic carbocycles. The number of carbonyl (C=O) groups excluding carboxylic acids is 1. The first-order chi connectivity index (χ1) is 10.1. The average Bonchev–Trinajstić information content (AvgIpc) is 2.89. The lowest BCUT2D eigenvalue weighted by molar-refractivity contribution is -0.0109. The van der Waals surface area contributed by atoms with Crippen LogP contribution in [0.1, 0.15) is 43.0 Å². The van der Waals surface area contributed by atoms with Gasteiger partial charge in [0, 0.05) is 22.0 Å². The molecule has 1 aliphatic rings. The normalized spacial score (nSPS) is 25.9. The van der Waals surface area contributed by atoms with Crippen LogP contribution in [-0.2, 0) is 0 Å². The highest BCUT2D eigenvalue weighted by Crippen LogP contribution is 2.32. The van der Waals surface area contributed by atoms with Gasteiger partial charge in [-0.25, -0.2) is 0 Å². The first kappa shape index (κ1) is 14.5. The topological polar surface area (TPSA) is 49.3 Å². The Morgan fingerprint density at radius 3 is 3.10 bits per heavy atom. The van der Waals surface area contributed by atoms with E-state index in [0.29, 0.717) is 18.0 Å². The van der Waals surface area contributed by atoms with Crippen LogP contribution in [0.25, 0.3) is 10.1 Å². The Balaban J connectivity index is 1.69. The highest BCUT2D eigenvalue weighted by Gasteiger charge is 2.33. The monoisotopic (exact) mass is 303 g/mol. The third kappa shape index (κ3) is 3.11. The van der Waals surface area contributed by atoms with Crippen molar-refractivity contribution in [2.24, 2.45) is 5.92 Å². The van der Waals surface area contributed by atoms with E-state index in [2.05, 4.69) is 12.2 Å². The summed E-state index contributed by atoms with van der Waals surface area (Å²) in [7, 11) is 0. The molecule has 3 nitrogen and oxygen atoms in total. The summed E-state index contributed by atoms with van der Waals surface area (Å²) in [5, 5.41) is 16.4. The molecule has 2 atom stereocenters. The number of fused-ring (bicyclic) bond motifs is 1. The maximum absolute atomic E-state index is 12.4. The van der Waals surface area contributed by atoms with Gasteiger partial charge in [0.1, 0.15) is 0 Å². The number of benzene rings is 1. The van der Waals surface area contributed by atoms with Gasteiger partial charge in [-0.1, -0.05) is 38.0 Å². The minimum atomic E-state index is -0.737. The first-order valence-electron chi connectivity index (χ1n) is 7.54. The standard InChI is InChI=1S/C17H21NO2S/c1-12-5-4-8-17(20,9-12)11-18-16(19)14-10-21-15-7-3-2-6-13(14)15/h2-3,6-7,10,12,20H,4-5,8-9,11H2,1H3,(H,18,19). The van der Waals surface area contributed by atoms with E-state index in [1.54, 1.807) is 11.3 Å². The van der Waals surface area contributed by atoms with Gasteiger partial charge in [-0.3, -0.25) is 4.79 Å². The van der Waals surface area contributed by atoms with Crippen LogP contribution in [0.3, 0.4) is 0 Å². The SMILES string of the molecule is CC1CCCC(O)(CNC(=O)c2csc3ccccc23)C1. The summed E-state index contributed by atoms with van der Waals surface area (Å²) in [5.41, 5.74) is -0.0258. The molecule has 1 saturated carbocycles. The van der Waals surface area contributed by atoms with E-state index in [1.807, 2.05) is 29.6 Å². The van der Waals surface area contributed by atoms with E-state index in [0.717, 1.165) is 29.3 Å². The van der Waals surface area contributed by atoms with Crippen molar-refractivity contribution in [1.29, 1.82) is 0 Å². The minimum absolute atomic E-state index is 0.0842. The Hall–Kier alpha value is -1.39. The molecular formula is C17H21NO2S. The van der Waals surface area contributed by atoms with Crippen LogP contribution < -0.4 is 5.32 Å². The van der Waals surface area contributed by atoms with E-state index >= 15 is 0 Å². The Morgan fingerprint density at radius 2 is 2.29 bits per heavy atom. The molecule has 0 saturated heterocycles. The molecule has 1 aromatic carbocycles. The largest absolute Gasteiger partial charge is 0.388 e. The van der Waals surface area contributed by atoms with Crippen LogP contribution in [0.5, 0.6) is 0 Å². The van der Waals surface area contributed by atoms with Crippen molar-refractivity contribution in [1.82, 2.24) is 5.32 Å². The van der Waals surface area contributed by atoms with Crippen LogP contribution in [0.4, 0.5) is 0 Å². The average molecular weight is 303 g/mol. The summed E-state index contributed by atoms with van der Waals surface area (Å²) in [5.74, 6) is 0.446. The van der Waals surface area contributed by atoms with Gasteiger partial charge in [0.05, 0.1) is 11.2 Å². The second kappa shape index (κ2) is 5.78. The number of amides is 1. The predicted molar refractivity (Wildman–Crippen MR) is 86.7 cm³/mol. The molecule has 1 heterocycles. The summed E-state index contributed by atoms with van der Waals surface area (Å²) in [6, 6.07) is 7.92. The zero-order chi connectivity index (χ0) is 14.9. The van der Waals surface area contributed by atoms with Crippen LogP contribution in [0.2, 0.25) is 0 Å². The second-order valence-corrected chi connectivity index (χ2v) is 7.17. The summed E-state index contributed by atoms with van der Waals surface area (Å²) in [4.78, 5) is 12.4. The molecule has 0 spiro atoms. The maximum atomic E-state index is 12.4. The molecule has 0 aliphatic heterocycles. The van der Waals surface area contributed by atoms with Gasteiger partial charge in [0.25, 0.3) is 5.91 Å². The first-order valence-corrected chi connectivity index (χ1v) is 8.42. The van der Waals surface area contributed by atoms with Crippen molar-refractivity contribution >= 4 is 27.3 Å². The van der Waals surface area contributed by atoms with Gasteiger partial charge in [0.15, 0.2) is 0 Å². The number of rotatable bonds is 3. The Labute approximate surface area is 129 Å². The number of carbonyl (C=O) groups is 1.